The third kappa shape index (κ3) is 4.38. The lowest BCUT2D eigenvalue weighted by molar-refractivity contribution is 0.174. The van der Waals surface area contributed by atoms with Gasteiger partial charge in [0.2, 0.25) is 6.79 Å². The largest absolute Gasteiger partial charge is 0.489 e. The highest BCUT2D eigenvalue weighted by atomic mass is 32.1. The molecule has 1 N–H and O–H groups in total. The van der Waals surface area contributed by atoms with Gasteiger partial charge in [-0.15, -0.1) is 0 Å². The molecule has 136 valence electrons. The van der Waals surface area contributed by atoms with Crippen LogP contribution >= 0.6 is 12.2 Å². The normalized spacial score (nSPS) is 11.9. The Morgan fingerprint density at radius 2 is 1.74 bits per heavy atom. The Bertz CT molecular complexity index is 943. The molecule has 0 aliphatic carbocycles. The van der Waals surface area contributed by atoms with E-state index >= 15 is 0 Å². The first-order valence-electron chi connectivity index (χ1n) is 8.71. The second-order valence-electron chi connectivity index (χ2n) is 6.17. The van der Waals surface area contributed by atoms with Gasteiger partial charge < -0.3 is 19.5 Å². The summed E-state index contributed by atoms with van der Waals surface area (Å²) in [5.41, 5.74) is 3.14. The Morgan fingerprint density at radius 3 is 2.63 bits per heavy atom. The van der Waals surface area contributed by atoms with Crippen molar-refractivity contribution in [1.29, 1.82) is 0 Å². The number of rotatable bonds is 6. The minimum Gasteiger partial charge on any atom is -0.489 e. The number of fused-ring (bicyclic) bond motifs is 1. The summed E-state index contributed by atoms with van der Waals surface area (Å²) in [4.78, 5) is 0.679. The zero-order chi connectivity index (χ0) is 18.5. The molecule has 1 aliphatic rings. The lowest BCUT2D eigenvalue weighted by Crippen LogP contribution is -2.21. The van der Waals surface area contributed by atoms with Gasteiger partial charge in [-0.25, -0.2) is 0 Å². The molecule has 0 amide bonds. The van der Waals surface area contributed by atoms with Crippen LogP contribution in [0.25, 0.3) is 0 Å². The van der Waals surface area contributed by atoms with E-state index in [1.807, 2.05) is 72.8 Å². The van der Waals surface area contributed by atoms with Crippen LogP contribution in [-0.4, -0.2) is 11.8 Å². The van der Waals surface area contributed by atoms with Crippen molar-refractivity contribution in [2.75, 3.05) is 6.79 Å². The fourth-order valence-corrected chi connectivity index (χ4v) is 3.00. The van der Waals surface area contributed by atoms with Gasteiger partial charge in [0.1, 0.15) is 17.3 Å². The Kier molecular flexibility index (Phi) is 5.21. The van der Waals surface area contributed by atoms with Gasteiger partial charge in [0.15, 0.2) is 11.5 Å². The molecule has 0 fully saturated rings. The van der Waals surface area contributed by atoms with Crippen LogP contribution < -0.4 is 19.5 Å². The molecule has 3 aromatic rings. The Balaban J connectivity index is 1.36. The molecule has 0 unspecified atom stereocenters. The second-order valence-corrected chi connectivity index (χ2v) is 6.58. The standard InChI is InChI=1S/C22H19NO3S/c27-22(23-13-17-9-10-20-21(11-17)26-15-25-20)18-7-4-8-19(12-18)24-14-16-5-2-1-3-6-16/h1-12H,13-15H2,(H,23,27). The van der Waals surface area contributed by atoms with Crippen LogP contribution in [0, 0.1) is 0 Å². The third-order valence-corrected chi connectivity index (χ3v) is 4.61. The molecule has 0 atom stereocenters. The van der Waals surface area contributed by atoms with E-state index in [0.29, 0.717) is 18.1 Å². The summed E-state index contributed by atoms with van der Waals surface area (Å²) in [5.74, 6) is 2.35. The van der Waals surface area contributed by atoms with Crippen LogP contribution in [-0.2, 0) is 13.2 Å². The van der Waals surface area contributed by atoms with Crippen LogP contribution in [0.2, 0.25) is 0 Å². The van der Waals surface area contributed by atoms with Gasteiger partial charge in [0.25, 0.3) is 0 Å². The Labute approximate surface area is 163 Å². The van der Waals surface area contributed by atoms with Crippen LogP contribution in [0.3, 0.4) is 0 Å². The molecule has 0 saturated heterocycles. The summed E-state index contributed by atoms with van der Waals surface area (Å²) >= 11 is 5.53. The van der Waals surface area contributed by atoms with Crippen molar-refractivity contribution in [2.24, 2.45) is 0 Å². The van der Waals surface area contributed by atoms with Crippen molar-refractivity contribution < 1.29 is 14.2 Å². The van der Waals surface area contributed by atoms with Crippen molar-refractivity contribution >= 4 is 17.2 Å². The second kappa shape index (κ2) is 8.10. The lowest BCUT2D eigenvalue weighted by Gasteiger charge is -2.11. The summed E-state index contributed by atoms with van der Waals surface area (Å²) in [6, 6.07) is 23.8. The van der Waals surface area contributed by atoms with E-state index in [4.69, 9.17) is 26.4 Å². The number of thiocarbonyl (C=S) groups is 1. The maximum atomic E-state index is 5.88. The number of benzene rings is 3. The van der Waals surface area contributed by atoms with Crippen molar-refractivity contribution in [3.8, 4) is 17.2 Å². The van der Waals surface area contributed by atoms with E-state index in [1.165, 1.54) is 0 Å². The maximum absolute atomic E-state index is 5.88. The molecule has 0 aromatic heterocycles. The first-order chi connectivity index (χ1) is 13.3. The number of nitrogens with one attached hydrogen (secondary N) is 1. The van der Waals surface area contributed by atoms with Crippen LogP contribution in [0.15, 0.2) is 72.8 Å². The highest BCUT2D eigenvalue weighted by Crippen LogP contribution is 2.32. The topological polar surface area (TPSA) is 39.7 Å². The van der Waals surface area contributed by atoms with Crippen molar-refractivity contribution in [3.05, 3.63) is 89.5 Å². The van der Waals surface area contributed by atoms with Crippen LogP contribution in [0.1, 0.15) is 16.7 Å². The van der Waals surface area contributed by atoms with Crippen LogP contribution in [0.5, 0.6) is 17.2 Å². The lowest BCUT2D eigenvalue weighted by atomic mass is 10.1. The average Bonchev–Trinajstić information content (AvgIpc) is 3.19. The van der Waals surface area contributed by atoms with E-state index in [2.05, 4.69) is 5.32 Å². The van der Waals surface area contributed by atoms with Gasteiger partial charge in [-0.05, 0) is 35.4 Å². The fourth-order valence-electron chi connectivity index (χ4n) is 2.80. The molecule has 4 rings (SSSR count). The molecule has 27 heavy (non-hydrogen) atoms. The Hall–Kier alpha value is -3.05. The quantitative estimate of drug-likeness (QED) is 0.642. The molecule has 0 bridgehead atoms. The molecule has 0 radical (unpaired) electrons. The monoisotopic (exact) mass is 377 g/mol. The number of hydrogen-bond acceptors (Lipinski definition) is 4. The minimum absolute atomic E-state index is 0.278. The zero-order valence-electron chi connectivity index (χ0n) is 14.7. The summed E-state index contributed by atoms with van der Waals surface area (Å²) in [6.45, 7) is 1.42. The van der Waals surface area contributed by atoms with E-state index in [0.717, 1.165) is 33.9 Å². The highest BCUT2D eigenvalue weighted by Gasteiger charge is 2.13. The predicted molar refractivity (Wildman–Crippen MR) is 108 cm³/mol. The van der Waals surface area contributed by atoms with E-state index < -0.39 is 0 Å². The van der Waals surface area contributed by atoms with Crippen molar-refractivity contribution in [1.82, 2.24) is 5.32 Å². The molecule has 1 aliphatic heterocycles. The minimum atomic E-state index is 0.278. The summed E-state index contributed by atoms with van der Waals surface area (Å²) in [7, 11) is 0. The third-order valence-electron chi connectivity index (χ3n) is 4.23. The van der Waals surface area contributed by atoms with E-state index in [-0.39, 0.29) is 6.79 Å². The first-order valence-corrected chi connectivity index (χ1v) is 9.12. The van der Waals surface area contributed by atoms with Gasteiger partial charge in [-0.1, -0.05) is 60.7 Å². The molecule has 5 heteroatoms. The van der Waals surface area contributed by atoms with Gasteiger partial charge in [0, 0.05) is 12.1 Å². The van der Waals surface area contributed by atoms with E-state index in [9.17, 15) is 0 Å². The number of hydrogen-bond donors (Lipinski definition) is 1. The molecule has 0 saturated carbocycles. The number of ether oxygens (including phenoxy) is 3. The molecule has 1 heterocycles. The Morgan fingerprint density at radius 1 is 0.889 bits per heavy atom. The summed E-state index contributed by atoms with van der Waals surface area (Å²) in [5, 5.41) is 3.29. The van der Waals surface area contributed by atoms with Crippen molar-refractivity contribution in [3.63, 3.8) is 0 Å². The SMILES string of the molecule is S=C(NCc1ccc2c(c1)OCO2)c1cccc(OCc2ccccc2)c1. The average molecular weight is 377 g/mol. The summed E-state index contributed by atoms with van der Waals surface area (Å²) < 4.78 is 16.6. The molecular weight excluding hydrogens is 358 g/mol. The van der Waals surface area contributed by atoms with Gasteiger partial charge in [0.05, 0.1) is 0 Å². The van der Waals surface area contributed by atoms with Gasteiger partial charge in [-0.3, -0.25) is 0 Å². The molecule has 4 nitrogen and oxygen atoms in total. The maximum Gasteiger partial charge on any atom is 0.231 e. The molecule has 3 aromatic carbocycles. The summed E-state index contributed by atoms with van der Waals surface area (Å²) in [6.07, 6.45) is 0. The fraction of sp³-hybridized carbons (Fsp3) is 0.136. The van der Waals surface area contributed by atoms with Gasteiger partial charge in [-0.2, -0.15) is 0 Å². The first kappa shape index (κ1) is 17.4. The molecule has 0 spiro atoms. The molecular formula is C22H19NO3S. The smallest absolute Gasteiger partial charge is 0.231 e. The highest BCUT2D eigenvalue weighted by molar-refractivity contribution is 7.80. The van der Waals surface area contributed by atoms with Crippen LogP contribution in [0.4, 0.5) is 0 Å². The zero-order valence-corrected chi connectivity index (χ0v) is 15.5. The van der Waals surface area contributed by atoms with E-state index in [1.54, 1.807) is 0 Å². The van der Waals surface area contributed by atoms with Gasteiger partial charge >= 0.3 is 0 Å². The predicted octanol–water partition coefficient (Wildman–Crippen LogP) is 4.46. The van der Waals surface area contributed by atoms with Crippen molar-refractivity contribution in [2.45, 2.75) is 13.2 Å².